The number of carboxylic acid groups (broad SMARTS) is 1. The van der Waals surface area contributed by atoms with Gasteiger partial charge in [0.1, 0.15) is 12.2 Å². The number of aromatic carboxylic acids is 1. The maximum atomic E-state index is 13.3. The minimum Gasteiger partial charge on any atom is -0.478 e. The fourth-order valence-electron chi connectivity index (χ4n) is 8.62. The van der Waals surface area contributed by atoms with Gasteiger partial charge >= 0.3 is 12.0 Å². The second-order valence-electron chi connectivity index (χ2n) is 15.9. The molecule has 0 spiro atoms. The molecule has 6 atom stereocenters. The third-order valence-electron chi connectivity index (χ3n) is 12.0. The van der Waals surface area contributed by atoms with E-state index in [1.165, 1.54) is 24.3 Å². The van der Waals surface area contributed by atoms with Crippen LogP contribution in [0.5, 0.6) is 0 Å². The molecular formula is C44H50N10O7. The van der Waals surface area contributed by atoms with E-state index in [0.29, 0.717) is 74.1 Å². The van der Waals surface area contributed by atoms with Crippen LogP contribution in [-0.4, -0.2) is 127 Å². The number of aromatic nitrogens is 4. The van der Waals surface area contributed by atoms with Crippen molar-refractivity contribution in [2.45, 2.75) is 74.9 Å². The number of hydrogen-bond acceptors (Lipinski definition) is 11. The number of likely N-dealkylation sites (tertiary alicyclic amines) is 1. The molecule has 2 aromatic heterocycles. The maximum absolute atomic E-state index is 13.3. The van der Waals surface area contributed by atoms with Gasteiger partial charge < -0.3 is 51.0 Å². The number of rotatable bonds is 13. The Bertz CT molecular complexity index is 2320. The fraction of sp³-hybridized carbons (Fsp3) is 0.386. The predicted octanol–water partition coefficient (Wildman–Crippen LogP) is 3.12. The second-order valence-corrected chi connectivity index (χ2v) is 15.9. The zero-order valence-electron chi connectivity index (χ0n) is 33.7. The number of urea groups is 1. The highest BCUT2D eigenvalue weighted by Crippen LogP contribution is 2.36. The zero-order valence-corrected chi connectivity index (χ0v) is 33.7. The Morgan fingerprint density at radius 1 is 0.787 bits per heavy atom. The number of carbonyl (C=O) groups excluding carboxylic acids is 3. The normalized spacial score (nSPS) is 22.4. The minimum atomic E-state index is -1.19. The molecular weight excluding hydrogens is 781 g/mol. The Hall–Kier alpha value is -6.59. The highest BCUT2D eigenvalue weighted by Gasteiger charge is 2.44. The van der Waals surface area contributed by atoms with Gasteiger partial charge in [-0.05, 0) is 54.7 Å². The van der Waals surface area contributed by atoms with Gasteiger partial charge in [0.25, 0.3) is 5.91 Å². The molecule has 0 radical (unpaired) electrons. The summed E-state index contributed by atoms with van der Waals surface area (Å²) >= 11 is 0. The van der Waals surface area contributed by atoms with Gasteiger partial charge in [-0.15, -0.1) is 0 Å². The van der Waals surface area contributed by atoms with E-state index in [4.69, 9.17) is 15.0 Å². The van der Waals surface area contributed by atoms with Crippen molar-refractivity contribution in [3.8, 4) is 0 Å². The highest BCUT2D eigenvalue weighted by molar-refractivity contribution is 5.96. The molecule has 4 amide bonds. The number of carboxylic acids is 1. The third-order valence-corrected chi connectivity index (χ3v) is 12.0. The Kier molecular flexibility index (Phi) is 12.1. The van der Waals surface area contributed by atoms with Crippen molar-refractivity contribution < 1.29 is 34.5 Å². The van der Waals surface area contributed by atoms with Gasteiger partial charge in [0, 0.05) is 62.7 Å². The summed E-state index contributed by atoms with van der Waals surface area (Å²) < 4.78 is 1.75. The molecule has 0 unspecified atom stereocenters. The van der Waals surface area contributed by atoms with E-state index in [1.807, 2.05) is 41.3 Å². The lowest BCUT2D eigenvalue weighted by Crippen LogP contribution is -2.48. The smallest absolute Gasteiger partial charge is 0.335 e. The number of carbonyl (C=O) groups is 4. The van der Waals surface area contributed by atoms with Crippen LogP contribution in [0.4, 0.5) is 16.6 Å². The number of amides is 4. The van der Waals surface area contributed by atoms with Crippen molar-refractivity contribution >= 4 is 46.7 Å². The van der Waals surface area contributed by atoms with Gasteiger partial charge in [-0.1, -0.05) is 67.6 Å². The summed E-state index contributed by atoms with van der Waals surface area (Å²) in [4.78, 5) is 68.2. The standard InChI is InChI=1S/C44H50N10O7/c1-2-35(55)49-33-21-34(38(57)37(33)56)54-25-46-36-39(45-22-32(26-9-5-3-6-10-26)27-11-7-4-8-12-27)50-43(51-40(36)54)53-20-18-31(24-53)48-44(61)47-30-17-19-52(23-30)41(58)28-13-15-29(16-14-28)42(59)60/h3-16,25,30-34,37-38,56-57H,2,17-24H2,1H3,(H,49,55)(H,59,60)(H,45,50,51)(H2,47,48,61)/t30-,31-,33+,34-,37-,38+/m1/s1. The monoisotopic (exact) mass is 830 g/mol. The molecule has 1 aliphatic carbocycles. The van der Waals surface area contributed by atoms with Crippen molar-refractivity contribution in [3.05, 3.63) is 114 Å². The summed E-state index contributed by atoms with van der Waals surface area (Å²) in [5, 5.41) is 43.9. The number of benzene rings is 3. The molecule has 8 rings (SSSR count). The fourth-order valence-corrected chi connectivity index (χ4v) is 8.62. The van der Waals surface area contributed by atoms with Gasteiger partial charge in [-0.2, -0.15) is 9.97 Å². The molecule has 2 saturated heterocycles. The van der Waals surface area contributed by atoms with Crippen molar-refractivity contribution in [2.75, 3.05) is 42.9 Å². The Balaban J connectivity index is 0.988. The molecule has 17 heteroatoms. The van der Waals surface area contributed by atoms with Gasteiger partial charge in [-0.3, -0.25) is 9.59 Å². The zero-order chi connectivity index (χ0) is 42.6. The number of imidazole rings is 1. The van der Waals surface area contributed by atoms with Crippen LogP contribution in [0.2, 0.25) is 0 Å². The van der Waals surface area contributed by atoms with E-state index in [9.17, 15) is 34.5 Å². The van der Waals surface area contributed by atoms with Crippen LogP contribution in [0.15, 0.2) is 91.3 Å². The van der Waals surface area contributed by atoms with Crippen molar-refractivity contribution in [1.82, 2.24) is 40.4 Å². The van der Waals surface area contributed by atoms with E-state index in [2.05, 4.69) is 45.5 Å². The van der Waals surface area contributed by atoms with Crippen molar-refractivity contribution in [3.63, 3.8) is 0 Å². The lowest BCUT2D eigenvalue weighted by atomic mass is 9.91. The molecule has 61 heavy (non-hydrogen) atoms. The van der Waals surface area contributed by atoms with Crippen LogP contribution in [0.3, 0.4) is 0 Å². The Morgan fingerprint density at radius 2 is 1.43 bits per heavy atom. The topological polar surface area (TPSA) is 227 Å². The Labute approximate surface area is 352 Å². The van der Waals surface area contributed by atoms with Crippen LogP contribution in [-0.2, 0) is 4.79 Å². The molecule has 2 aliphatic heterocycles. The first kappa shape index (κ1) is 41.2. The summed E-state index contributed by atoms with van der Waals surface area (Å²) in [5.41, 5.74) is 3.67. The minimum absolute atomic E-state index is 0.0259. The number of aliphatic hydroxyl groups is 2. The summed E-state index contributed by atoms with van der Waals surface area (Å²) in [6.45, 7) is 3.96. The van der Waals surface area contributed by atoms with Gasteiger partial charge in [0.15, 0.2) is 17.0 Å². The second kappa shape index (κ2) is 17.9. The van der Waals surface area contributed by atoms with Crippen LogP contribution in [0, 0.1) is 0 Å². The summed E-state index contributed by atoms with van der Waals surface area (Å²) in [5.74, 6) is -0.636. The molecule has 4 heterocycles. The molecule has 3 aromatic carbocycles. The van der Waals surface area contributed by atoms with E-state index in [1.54, 1.807) is 22.7 Å². The van der Waals surface area contributed by atoms with Crippen LogP contribution in [0.1, 0.15) is 76.4 Å². The first-order valence-corrected chi connectivity index (χ1v) is 20.7. The summed E-state index contributed by atoms with van der Waals surface area (Å²) in [7, 11) is 0. The van der Waals surface area contributed by atoms with Crippen LogP contribution in [0.25, 0.3) is 11.2 Å². The lowest BCUT2D eigenvalue weighted by Gasteiger charge is -2.22. The molecule has 3 fully saturated rings. The third kappa shape index (κ3) is 8.98. The number of fused-ring (bicyclic) bond motifs is 1. The van der Waals surface area contributed by atoms with Crippen molar-refractivity contribution in [2.24, 2.45) is 0 Å². The molecule has 3 aliphatic rings. The molecule has 17 nitrogen and oxygen atoms in total. The first-order valence-electron chi connectivity index (χ1n) is 20.7. The maximum Gasteiger partial charge on any atom is 0.335 e. The summed E-state index contributed by atoms with van der Waals surface area (Å²) in [6, 6.07) is 24.1. The Morgan fingerprint density at radius 3 is 2.08 bits per heavy atom. The summed E-state index contributed by atoms with van der Waals surface area (Å²) in [6.07, 6.45) is 0.932. The van der Waals surface area contributed by atoms with Crippen LogP contribution >= 0.6 is 0 Å². The van der Waals surface area contributed by atoms with Gasteiger partial charge in [-0.25, -0.2) is 14.6 Å². The van der Waals surface area contributed by atoms with E-state index < -0.39 is 30.3 Å². The first-order chi connectivity index (χ1) is 29.6. The largest absolute Gasteiger partial charge is 0.478 e. The van der Waals surface area contributed by atoms with Gasteiger partial charge in [0.05, 0.1) is 24.0 Å². The number of nitrogens with zero attached hydrogens (tertiary/aromatic N) is 6. The molecule has 5 aromatic rings. The highest BCUT2D eigenvalue weighted by atomic mass is 16.4. The average Bonchev–Trinajstić information content (AvgIpc) is 4.09. The molecule has 7 N–H and O–H groups in total. The van der Waals surface area contributed by atoms with Crippen LogP contribution < -0.4 is 26.2 Å². The van der Waals surface area contributed by atoms with Crippen molar-refractivity contribution in [1.29, 1.82) is 0 Å². The lowest BCUT2D eigenvalue weighted by molar-refractivity contribution is -0.122. The molecule has 318 valence electrons. The molecule has 0 bridgehead atoms. The average molecular weight is 831 g/mol. The van der Waals surface area contributed by atoms with E-state index >= 15 is 0 Å². The molecule has 1 saturated carbocycles. The van der Waals surface area contributed by atoms with E-state index in [-0.39, 0.29) is 54.3 Å². The predicted molar refractivity (Wildman–Crippen MR) is 226 cm³/mol. The number of nitrogens with one attached hydrogen (secondary N) is 4. The van der Waals surface area contributed by atoms with E-state index in [0.717, 1.165) is 11.1 Å². The number of anilines is 2. The quantitative estimate of drug-likeness (QED) is 0.0909. The number of aliphatic hydroxyl groups excluding tert-OH is 2. The number of hydrogen-bond donors (Lipinski definition) is 7. The SMILES string of the molecule is CCC(=O)N[C@H]1C[C@@H](n2cnc3c(NCC(c4ccccc4)c4ccccc4)nc(N4CC[C@@H](NC(=O)N[C@@H]5CCN(C(=O)c6ccc(C(=O)O)cc6)C5)C4)nc32)[C@H](O)[C@@H]1O. The van der Waals surface area contributed by atoms with Gasteiger partial charge in [0.2, 0.25) is 11.9 Å².